The van der Waals surface area contributed by atoms with E-state index in [1.54, 1.807) is 31.3 Å². The Labute approximate surface area is 160 Å². The van der Waals surface area contributed by atoms with Crippen LogP contribution in [-0.2, 0) is 5.75 Å². The third-order valence-electron chi connectivity index (χ3n) is 3.92. The van der Waals surface area contributed by atoms with Crippen LogP contribution in [0.4, 0.5) is 0 Å². The van der Waals surface area contributed by atoms with Crippen LogP contribution in [0.5, 0.6) is 5.75 Å². The number of aryl methyl sites for hydroxylation is 1. The van der Waals surface area contributed by atoms with Crippen molar-refractivity contribution in [2.45, 2.75) is 17.8 Å². The van der Waals surface area contributed by atoms with Crippen LogP contribution >= 0.6 is 11.8 Å². The number of hydrogen-bond acceptors (Lipinski definition) is 7. The largest absolute Gasteiger partial charge is 0.497 e. The quantitative estimate of drug-likeness (QED) is 0.470. The van der Waals surface area contributed by atoms with Crippen LogP contribution in [0.3, 0.4) is 0 Å². The Hall–Kier alpha value is -3.13. The summed E-state index contributed by atoms with van der Waals surface area (Å²) in [5.41, 5.74) is 2.75. The molecular formula is C19H17N5O2S. The van der Waals surface area contributed by atoms with E-state index in [0.717, 1.165) is 39.4 Å². The van der Waals surface area contributed by atoms with E-state index in [1.165, 1.54) is 0 Å². The van der Waals surface area contributed by atoms with Gasteiger partial charge in [0.15, 0.2) is 11.0 Å². The van der Waals surface area contributed by atoms with Gasteiger partial charge in [0.2, 0.25) is 0 Å². The Kier molecular flexibility index (Phi) is 4.88. The molecule has 0 amide bonds. The third-order valence-corrected chi connectivity index (χ3v) is 4.87. The monoisotopic (exact) mass is 379 g/mol. The second-order valence-corrected chi connectivity index (χ2v) is 6.74. The standard InChI is InChI=1S/C19H17N5O2S/c1-13-11-17(26-23-13)12-27-19-22-21-18(14-7-9-20-10-8-14)24(19)15-3-5-16(25-2)6-4-15/h3-11H,12H2,1-2H3. The molecule has 0 bridgehead atoms. The van der Waals surface area contributed by atoms with Crippen molar-refractivity contribution in [1.29, 1.82) is 0 Å². The van der Waals surface area contributed by atoms with Crippen LogP contribution < -0.4 is 4.74 Å². The maximum Gasteiger partial charge on any atom is 0.196 e. The van der Waals surface area contributed by atoms with E-state index in [2.05, 4.69) is 20.3 Å². The molecule has 136 valence electrons. The predicted octanol–water partition coefficient (Wildman–Crippen LogP) is 3.93. The van der Waals surface area contributed by atoms with Crippen molar-refractivity contribution < 1.29 is 9.26 Å². The zero-order valence-electron chi connectivity index (χ0n) is 14.9. The summed E-state index contributed by atoms with van der Waals surface area (Å²) in [6, 6.07) is 13.5. The minimum atomic E-state index is 0.617. The van der Waals surface area contributed by atoms with E-state index in [0.29, 0.717) is 5.75 Å². The highest BCUT2D eigenvalue weighted by molar-refractivity contribution is 7.98. The van der Waals surface area contributed by atoms with Crippen LogP contribution in [0.25, 0.3) is 17.1 Å². The summed E-state index contributed by atoms with van der Waals surface area (Å²) in [5.74, 6) is 2.96. The molecule has 3 heterocycles. The Bertz CT molecular complexity index is 1030. The molecule has 4 aromatic rings. The first-order chi connectivity index (χ1) is 13.2. The molecule has 7 nitrogen and oxygen atoms in total. The summed E-state index contributed by atoms with van der Waals surface area (Å²) < 4.78 is 12.6. The average molecular weight is 379 g/mol. The zero-order chi connectivity index (χ0) is 18.6. The van der Waals surface area contributed by atoms with Crippen molar-refractivity contribution in [3.63, 3.8) is 0 Å². The van der Waals surface area contributed by atoms with Gasteiger partial charge in [-0.05, 0) is 43.3 Å². The molecule has 0 aliphatic carbocycles. The number of pyridine rings is 1. The van der Waals surface area contributed by atoms with E-state index in [-0.39, 0.29) is 0 Å². The fourth-order valence-corrected chi connectivity index (χ4v) is 3.46. The van der Waals surface area contributed by atoms with Crippen molar-refractivity contribution in [2.75, 3.05) is 7.11 Å². The predicted molar refractivity (Wildman–Crippen MR) is 102 cm³/mol. The van der Waals surface area contributed by atoms with Crippen LogP contribution in [0.2, 0.25) is 0 Å². The lowest BCUT2D eigenvalue weighted by molar-refractivity contribution is 0.391. The fourth-order valence-electron chi connectivity index (χ4n) is 2.64. The number of rotatable bonds is 6. The Morgan fingerprint density at radius 1 is 1.07 bits per heavy atom. The lowest BCUT2D eigenvalue weighted by Gasteiger charge is -2.10. The summed E-state index contributed by atoms with van der Waals surface area (Å²) in [6.45, 7) is 1.90. The number of hydrogen-bond donors (Lipinski definition) is 0. The van der Waals surface area contributed by atoms with Crippen LogP contribution in [0.1, 0.15) is 11.5 Å². The summed E-state index contributed by atoms with van der Waals surface area (Å²) in [7, 11) is 1.65. The molecule has 8 heteroatoms. The number of methoxy groups -OCH3 is 1. The molecule has 0 radical (unpaired) electrons. The smallest absolute Gasteiger partial charge is 0.196 e. The van der Waals surface area contributed by atoms with Crippen molar-refractivity contribution in [1.82, 2.24) is 24.9 Å². The van der Waals surface area contributed by atoms with Crippen molar-refractivity contribution in [3.05, 3.63) is 66.3 Å². The van der Waals surface area contributed by atoms with E-state index < -0.39 is 0 Å². The maximum absolute atomic E-state index is 5.30. The lowest BCUT2D eigenvalue weighted by atomic mass is 10.2. The molecule has 0 aliphatic heterocycles. The maximum atomic E-state index is 5.30. The Morgan fingerprint density at radius 3 is 2.52 bits per heavy atom. The van der Waals surface area contributed by atoms with Crippen LogP contribution in [-0.4, -0.2) is 32.0 Å². The SMILES string of the molecule is COc1ccc(-n2c(SCc3cc(C)no3)nnc2-c2ccncc2)cc1. The number of nitrogens with zero attached hydrogens (tertiary/aromatic N) is 5. The van der Waals surface area contributed by atoms with Crippen molar-refractivity contribution >= 4 is 11.8 Å². The molecule has 0 N–H and O–H groups in total. The summed E-state index contributed by atoms with van der Waals surface area (Å²) in [5, 5.41) is 13.5. The highest BCUT2D eigenvalue weighted by Gasteiger charge is 2.17. The number of aromatic nitrogens is 5. The number of thioether (sulfide) groups is 1. The third kappa shape index (κ3) is 3.70. The molecule has 0 spiro atoms. The molecule has 0 atom stereocenters. The molecule has 27 heavy (non-hydrogen) atoms. The second-order valence-electron chi connectivity index (χ2n) is 5.80. The summed E-state index contributed by atoms with van der Waals surface area (Å²) in [4.78, 5) is 4.08. The van der Waals surface area contributed by atoms with Crippen LogP contribution in [0.15, 0.2) is 64.5 Å². The fraction of sp³-hybridized carbons (Fsp3) is 0.158. The molecular weight excluding hydrogens is 362 g/mol. The van der Waals surface area contributed by atoms with E-state index in [1.807, 2.05) is 54.0 Å². The van der Waals surface area contributed by atoms with Gasteiger partial charge in [-0.25, -0.2) is 0 Å². The normalized spacial score (nSPS) is 10.9. The van der Waals surface area contributed by atoms with Gasteiger partial charge in [-0.2, -0.15) is 0 Å². The second kappa shape index (κ2) is 7.63. The number of ether oxygens (including phenoxy) is 1. The first kappa shape index (κ1) is 17.3. The van der Waals surface area contributed by atoms with E-state index in [4.69, 9.17) is 9.26 Å². The van der Waals surface area contributed by atoms with Gasteiger partial charge < -0.3 is 9.26 Å². The molecule has 4 rings (SSSR count). The van der Waals surface area contributed by atoms with E-state index >= 15 is 0 Å². The van der Waals surface area contributed by atoms with Gasteiger partial charge in [-0.3, -0.25) is 9.55 Å². The molecule has 0 saturated heterocycles. The van der Waals surface area contributed by atoms with Gasteiger partial charge in [0.05, 0.1) is 18.6 Å². The minimum Gasteiger partial charge on any atom is -0.497 e. The summed E-state index contributed by atoms with van der Waals surface area (Å²) in [6.07, 6.45) is 3.49. The summed E-state index contributed by atoms with van der Waals surface area (Å²) >= 11 is 1.54. The van der Waals surface area contributed by atoms with Gasteiger partial charge in [0, 0.05) is 29.7 Å². The topological polar surface area (TPSA) is 78.9 Å². The minimum absolute atomic E-state index is 0.617. The van der Waals surface area contributed by atoms with Gasteiger partial charge >= 0.3 is 0 Å². The molecule has 0 unspecified atom stereocenters. The lowest BCUT2D eigenvalue weighted by Crippen LogP contribution is -2.00. The van der Waals surface area contributed by atoms with Crippen LogP contribution in [0, 0.1) is 6.92 Å². The Balaban J connectivity index is 1.72. The molecule has 3 aromatic heterocycles. The van der Waals surface area contributed by atoms with E-state index in [9.17, 15) is 0 Å². The Morgan fingerprint density at radius 2 is 1.85 bits per heavy atom. The number of benzene rings is 1. The molecule has 1 aromatic carbocycles. The average Bonchev–Trinajstić information content (AvgIpc) is 3.33. The highest BCUT2D eigenvalue weighted by atomic mass is 32.2. The van der Waals surface area contributed by atoms with Gasteiger partial charge in [-0.1, -0.05) is 16.9 Å². The van der Waals surface area contributed by atoms with Gasteiger partial charge in [-0.15, -0.1) is 10.2 Å². The molecule has 0 aliphatic rings. The molecule has 0 saturated carbocycles. The van der Waals surface area contributed by atoms with Gasteiger partial charge in [0.25, 0.3) is 0 Å². The zero-order valence-corrected chi connectivity index (χ0v) is 15.7. The first-order valence-corrected chi connectivity index (χ1v) is 9.28. The van der Waals surface area contributed by atoms with Crippen molar-refractivity contribution in [2.24, 2.45) is 0 Å². The van der Waals surface area contributed by atoms with Gasteiger partial charge in [0.1, 0.15) is 11.5 Å². The molecule has 0 fully saturated rings. The highest BCUT2D eigenvalue weighted by Crippen LogP contribution is 2.30. The first-order valence-electron chi connectivity index (χ1n) is 8.30. The van der Waals surface area contributed by atoms with Crippen molar-refractivity contribution in [3.8, 4) is 22.8 Å².